The highest BCUT2D eigenvalue weighted by atomic mass is 16.5. The predicted molar refractivity (Wildman–Crippen MR) is 109 cm³/mol. The van der Waals surface area contributed by atoms with Crippen LogP contribution >= 0.6 is 0 Å². The van der Waals surface area contributed by atoms with E-state index < -0.39 is 0 Å². The zero-order valence-corrected chi connectivity index (χ0v) is 16.6. The second kappa shape index (κ2) is 9.40. The van der Waals surface area contributed by atoms with Gasteiger partial charge in [0.15, 0.2) is 6.61 Å². The average Bonchev–Trinajstić information content (AvgIpc) is 3.25. The number of nitrogens with zero attached hydrogens (tertiary/aromatic N) is 1. The van der Waals surface area contributed by atoms with Crippen LogP contribution in [0.25, 0.3) is 0 Å². The van der Waals surface area contributed by atoms with Gasteiger partial charge in [0, 0.05) is 11.6 Å². The van der Waals surface area contributed by atoms with Crippen LogP contribution in [0.15, 0.2) is 54.6 Å². The minimum Gasteiger partial charge on any atom is -0.483 e. The molecule has 0 spiro atoms. The number of ether oxygens (including phenoxy) is 1. The molecule has 2 aromatic rings. The number of hydrogen-bond donors (Lipinski definition) is 1. The molecule has 0 aromatic heterocycles. The van der Waals surface area contributed by atoms with Gasteiger partial charge in [0.1, 0.15) is 5.75 Å². The molecule has 0 heterocycles. The van der Waals surface area contributed by atoms with E-state index in [1.165, 1.54) is 36.3 Å². The minimum absolute atomic E-state index is 0.114. The van der Waals surface area contributed by atoms with Gasteiger partial charge in [0.05, 0.1) is 0 Å². The van der Waals surface area contributed by atoms with E-state index in [-0.39, 0.29) is 24.5 Å². The zero-order valence-electron chi connectivity index (χ0n) is 16.6. The van der Waals surface area contributed by atoms with Crippen LogP contribution in [0.5, 0.6) is 5.75 Å². The highest BCUT2D eigenvalue weighted by Gasteiger charge is 2.23. The number of carbonyl (C=O) groups is 2. The molecule has 0 radical (unpaired) electrons. The number of para-hydroxylation sites is 1. The molecule has 148 valence electrons. The normalized spacial score (nSPS) is 14.1. The molecule has 1 saturated carbocycles. The molecule has 0 unspecified atom stereocenters. The van der Waals surface area contributed by atoms with Crippen LogP contribution in [-0.4, -0.2) is 29.5 Å². The first-order valence-electron chi connectivity index (χ1n) is 9.96. The van der Waals surface area contributed by atoms with Crippen molar-refractivity contribution in [3.8, 4) is 5.75 Å². The van der Waals surface area contributed by atoms with Crippen LogP contribution in [0, 0.1) is 0 Å². The summed E-state index contributed by atoms with van der Waals surface area (Å²) in [7, 11) is 0. The molecule has 0 saturated heterocycles. The Bertz CT molecular complexity index is 799. The van der Waals surface area contributed by atoms with Gasteiger partial charge in [-0.3, -0.25) is 15.0 Å². The van der Waals surface area contributed by atoms with Crippen molar-refractivity contribution in [1.82, 2.24) is 10.4 Å². The topological polar surface area (TPSA) is 58.6 Å². The lowest BCUT2D eigenvalue weighted by Gasteiger charge is -2.27. The third-order valence-electron chi connectivity index (χ3n) is 5.11. The van der Waals surface area contributed by atoms with Crippen LogP contribution in [0.2, 0.25) is 0 Å². The Hall–Kier alpha value is -2.82. The Kier molecular flexibility index (Phi) is 6.69. The number of hydrazine groups is 1. The maximum Gasteiger partial charge on any atom is 0.279 e. The lowest BCUT2D eigenvalue weighted by molar-refractivity contribution is -0.137. The third-order valence-corrected chi connectivity index (χ3v) is 5.11. The first-order valence-corrected chi connectivity index (χ1v) is 9.96. The highest BCUT2D eigenvalue weighted by Crippen LogP contribution is 2.38. The van der Waals surface area contributed by atoms with Gasteiger partial charge in [-0.1, -0.05) is 49.2 Å². The van der Waals surface area contributed by atoms with Gasteiger partial charge in [-0.2, -0.15) is 0 Å². The molecule has 2 amide bonds. The summed E-state index contributed by atoms with van der Waals surface area (Å²) in [5, 5.41) is 1.34. The van der Waals surface area contributed by atoms with E-state index in [4.69, 9.17) is 4.74 Å². The van der Waals surface area contributed by atoms with Crippen molar-refractivity contribution in [2.45, 2.75) is 51.5 Å². The molecule has 28 heavy (non-hydrogen) atoms. The van der Waals surface area contributed by atoms with Crippen LogP contribution in [-0.2, 0) is 4.79 Å². The molecule has 5 nitrogen and oxygen atoms in total. The summed E-state index contributed by atoms with van der Waals surface area (Å²) in [6.45, 7) is 3.60. The van der Waals surface area contributed by atoms with Crippen molar-refractivity contribution in [3.63, 3.8) is 0 Å². The van der Waals surface area contributed by atoms with Crippen molar-refractivity contribution in [1.29, 1.82) is 0 Å². The van der Waals surface area contributed by atoms with E-state index in [1.54, 1.807) is 24.3 Å². The molecule has 1 aliphatic rings. The van der Waals surface area contributed by atoms with Gasteiger partial charge in [0.25, 0.3) is 11.8 Å². The molecule has 1 aliphatic carbocycles. The summed E-state index contributed by atoms with van der Waals surface area (Å²) in [4.78, 5) is 25.2. The van der Waals surface area contributed by atoms with Gasteiger partial charge < -0.3 is 4.74 Å². The van der Waals surface area contributed by atoms with E-state index in [0.29, 0.717) is 11.5 Å². The van der Waals surface area contributed by atoms with Crippen LogP contribution in [0.4, 0.5) is 0 Å². The van der Waals surface area contributed by atoms with Crippen molar-refractivity contribution in [2.75, 3.05) is 6.61 Å². The van der Waals surface area contributed by atoms with Crippen molar-refractivity contribution >= 4 is 11.8 Å². The number of nitrogens with one attached hydrogen (secondary N) is 1. The fourth-order valence-electron chi connectivity index (χ4n) is 3.64. The number of hydrogen-bond acceptors (Lipinski definition) is 3. The summed E-state index contributed by atoms with van der Waals surface area (Å²) >= 11 is 0. The van der Waals surface area contributed by atoms with Crippen molar-refractivity contribution in [2.24, 2.45) is 0 Å². The molecule has 1 fully saturated rings. The van der Waals surface area contributed by atoms with E-state index >= 15 is 0 Å². The van der Waals surface area contributed by atoms with Crippen molar-refractivity contribution < 1.29 is 14.3 Å². The van der Waals surface area contributed by atoms with Crippen molar-refractivity contribution in [3.05, 3.63) is 65.7 Å². The summed E-state index contributed by atoms with van der Waals surface area (Å²) in [5.41, 5.74) is 4.39. The summed E-state index contributed by atoms with van der Waals surface area (Å²) in [5.74, 6) is 0.681. The SMILES string of the molecule is CC(C)N(NC(=O)c1ccccc1)C(=O)COc1ccccc1C1CCCC1. The summed E-state index contributed by atoms with van der Waals surface area (Å²) in [6, 6.07) is 16.6. The van der Waals surface area contributed by atoms with Crippen LogP contribution < -0.4 is 10.2 Å². The van der Waals surface area contributed by atoms with Crippen LogP contribution in [0.1, 0.15) is 61.4 Å². The van der Waals surface area contributed by atoms with E-state index in [1.807, 2.05) is 38.1 Å². The quantitative estimate of drug-likeness (QED) is 0.760. The number of amides is 2. The summed E-state index contributed by atoms with van der Waals surface area (Å²) in [6.07, 6.45) is 4.81. The monoisotopic (exact) mass is 380 g/mol. The van der Waals surface area contributed by atoms with Gasteiger partial charge in [-0.05, 0) is 56.4 Å². The van der Waals surface area contributed by atoms with Crippen LogP contribution in [0.3, 0.4) is 0 Å². The highest BCUT2D eigenvalue weighted by molar-refractivity contribution is 5.95. The van der Waals surface area contributed by atoms with E-state index in [2.05, 4.69) is 11.5 Å². The zero-order chi connectivity index (χ0) is 19.9. The maximum atomic E-state index is 12.7. The number of benzene rings is 2. The Morgan fingerprint density at radius 2 is 1.68 bits per heavy atom. The van der Waals surface area contributed by atoms with Gasteiger partial charge in [-0.15, -0.1) is 0 Å². The molecular weight excluding hydrogens is 352 g/mol. The fraction of sp³-hybridized carbons (Fsp3) is 0.391. The Morgan fingerprint density at radius 3 is 2.36 bits per heavy atom. The smallest absolute Gasteiger partial charge is 0.279 e. The molecule has 5 heteroatoms. The average molecular weight is 380 g/mol. The molecule has 0 aliphatic heterocycles. The minimum atomic E-state index is -0.311. The predicted octanol–water partition coefficient (Wildman–Crippen LogP) is 4.31. The lowest BCUT2D eigenvalue weighted by Crippen LogP contribution is -2.51. The number of rotatable bonds is 6. The standard InChI is InChI=1S/C23H28N2O3/c1-17(2)25(24-23(27)19-12-4-3-5-13-19)22(26)16-28-21-15-9-8-14-20(21)18-10-6-7-11-18/h3-5,8-9,12-15,17-18H,6-7,10-11,16H2,1-2H3,(H,24,27). The molecular formula is C23H28N2O3. The third kappa shape index (κ3) is 4.91. The lowest BCUT2D eigenvalue weighted by atomic mass is 9.97. The summed E-state index contributed by atoms with van der Waals surface area (Å²) < 4.78 is 5.89. The van der Waals surface area contributed by atoms with E-state index in [0.717, 1.165) is 5.75 Å². The Labute approximate surface area is 166 Å². The molecule has 2 aromatic carbocycles. The molecule has 0 bridgehead atoms. The fourth-order valence-corrected chi connectivity index (χ4v) is 3.64. The molecule has 0 atom stereocenters. The molecule has 1 N–H and O–H groups in total. The first kappa shape index (κ1) is 19.9. The second-order valence-electron chi connectivity index (χ2n) is 7.47. The Morgan fingerprint density at radius 1 is 1.04 bits per heavy atom. The maximum absolute atomic E-state index is 12.7. The number of carbonyl (C=O) groups excluding carboxylic acids is 2. The Balaban J connectivity index is 1.64. The second-order valence-corrected chi connectivity index (χ2v) is 7.47. The van der Waals surface area contributed by atoms with Gasteiger partial charge in [0.2, 0.25) is 0 Å². The van der Waals surface area contributed by atoms with E-state index in [9.17, 15) is 9.59 Å². The largest absolute Gasteiger partial charge is 0.483 e. The van der Waals surface area contributed by atoms with Gasteiger partial charge in [-0.25, -0.2) is 5.01 Å². The first-order chi connectivity index (χ1) is 13.6. The molecule has 3 rings (SSSR count). The van der Waals surface area contributed by atoms with Gasteiger partial charge >= 0.3 is 0 Å².